The van der Waals surface area contributed by atoms with Gasteiger partial charge in [-0.15, -0.1) is 0 Å². The Bertz CT molecular complexity index is 1050. The molecule has 0 amide bonds. The fraction of sp³-hybridized carbons (Fsp3) is 0.360. The van der Waals surface area contributed by atoms with Gasteiger partial charge in [-0.25, -0.2) is 13.9 Å². The molecule has 7 heteroatoms. The summed E-state index contributed by atoms with van der Waals surface area (Å²) in [5.74, 6) is 0.169. The molecule has 0 spiro atoms. The fourth-order valence-electron chi connectivity index (χ4n) is 3.94. The minimum Gasteiger partial charge on any atom is -0.494 e. The minimum atomic E-state index is -0.535. The molecule has 0 saturated carbocycles. The molecule has 1 aliphatic rings. The van der Waals surface area contributed by atoms with Crippen molar-refractivity contribution < 1.29 is 18.7 Å². The Kier molecular flexibility index (Phi) is 6.85. The van der Waals surface area contributed by atoms with Gasteiger partial charge in [-0.2, -0.15) is 5.10 Å². The number of rotatable bonds is 8. The summed E-state index contributed by atoms with van der Waals surface area (Å²) in [5, 5.41) is 4.42. The zero-order valence-corrected chi connectivity index (χ0v) is 18.5. The molecule has 1 fully saturated rings. The standard InChI is InChI=1S/C25H28FN3O3/c1-18-5-3-14-28(18)15-4-16-31-22-12-8-21(9-13-22)29-17-24(19(2)27-29)25(30)32-23-10-6-20(26)7-11-23/h6-13,17-18H,3-5,14-16H2,1-2H3. The maximum absolute atomic E-state index is 13.0. The van der Waals surface area contributed by atoms with Gasteiger partial charge in [0.2, 0.25) is 0 Å². The molecular formula is C25H28FN3O3. The maximum Gasteiger partial charge on any atom is 0.347 e. The van der Waals surface area contributed by atoms with Gasteiger partial charge in [0.1, 0.15) is 22.9 Å². The van der Waals surface area contributed by atoms with E-state index in [1.54, 1.807) is 17.8 Å². The summed E-state index contributed by atoms with van der Waals surface area (Å²) in [6, 6.07) is 13.6. The zero-order valence-electron chi connectivity index (χ0n) is 18.5. The van der Waals surface area contributed by atoms with Gasteiger partial charge in [-0.1, -0.05) is 0 Å². The van der Waals surface area contributed by atoms with Crippen molar-refractivity contribution in [2.24, 2.45) is 0 Å². The molecule has 3 aromatic rings. The van der Waals surface area contributed by atoms with E-state index in [9.17, 15) is 9.18 Å². The summed E-state index contributed by atoms with van der Waals surface area (Å²) in [4.78, 5) is 15.0. The number of halogens is 1. The number of aromatic nitrogens is 2. The SMILES string of the molecule is Cc1nn(-c2ccc(OCCCN3CCCC3C)cc2)cc1C(=O)Oc1ccc(F)cc1. The first kappa shape index (κ1) is 22.0. The molecule has 1 unspecified atom stereocenters. The van der Waals surface area contributed by atoms with Gasteiger partial charge < -0.3 is 14.4 Å². The monoisotopic (exact) mass is 437 g/mol. The van der Waals surface area contributed by atoms with Crippen LogP contribution in [-0.4, -0.2) is 46.4 Å². The van der Waals surface area contributed by atoms with Crippen LogP contribution < -0.4 is 9.47 Å². The van der Waals surface area contributed by atoms with E-state index in [-0.39, 0.29) is 11.6 Å². The van der Waals surface area contributed by atoms with Gasteiger partial charge >= 0.3 is 5.97 Å². The number of likely N-dealkylation sites (tertiary alicyclic amines) is 1. The quantitative estimate of drug-likeness (QED) is 0.288. The first-order valence-corrected chi connectivity index (χ1v) is 11.0. The van der Waals surface area contributed by atoms with Gasteiger partial charge in [-0.3, -0.25) is 0 Å². The Morgan fingerprint density at radius 2 is 1.84 bits per heavy atom. The minimum absolute atomic E-state index is 0.282. The number of ether oxygens (including phenoxy) is 2. The first-order valence-electron chi connectivity index (χ1n) is 11.0. The van der Waals surface area contributed by atoms with Crippen molar-refractivity contribution in [1.29, 1.82) is 0 Å². The number of benzene rings is 2. The van der Waals surface area contributed by atoms with Crippen LogP contribution in [0.4, 0.5) is 4.39 Å². The van der Waals surface area contributed by atoms with Gasteiger partial charge in [0, 0.05) is 18.8 Å². The molecule has 1 aliphatic heterocycles. The van der Waals surface area contributed by atoms with Crippen molar-refractivity contribution in [3.63, 3.8) is 0 Å². The number of carbonyl (C=O) groups excluding carboxylic acids is 1. The summed E-state index contributed by atoms with van der Waals surface area (Å²) in [5.41, 5.74) is 1.71. The number of nitrogens with zero attached hydrogens (tertiary/aromatic N) is 3. The zero-order chi connectivity index (χ0) is 22.5. The molecule has 2 heterocycles. The molecule has 6 nitrogen and oxygen atoms in total. The lowest BCUT2D eigenvalue weighted by molar-refractivity contribution is 0.0734. The molecule has 1 aromatic heterocycles. The summed E-state index contributed by atoms with van der Waals surface area (Å²) in [6.45, 7) is 6.98. The Balaban J connectivity index is 1.32. The molecule has 0 aliphatic carbocycles. The molecule has 2 aromatic carbocycles. The van der Waals surface area contributed by atoms with Crippen molar-refractivity contribution in [2.75, 3.05) is 19.7 Å². The lowest BCUT2D eigenvalue weighted by Gasteiger charge is -2.20. The van der Waals surface area contributed by atoms with Gasteiger partial charge in [-0.05, 0) is 88.2 Å². The van der Waals surface area contributed by atoms with E-state index in [2.05, 4.69) is 16.9 Å². The van der Waals surface area contributed by atoms with Crippen molar-refractivity contribution in [2.45, 2.75) is 39.2 Å². The molecule has 168 valence electrons. The van der Waals surface area contributed by atoms with Crippen LogP contribution in [0.2, 0.25) is 0 Å². The van der Waals surface area contributed by atoms with E-state index in [1.807, 2.05) is 24.3 Å². The number of esters is 1. The van der Waals surface area contributed by atoms with Gasteiger partial charge in [0.05, 0.1) is 18.0 Å². The van der Waals surface area contributed by atoms with E-state index in [4.69, 9.17) is 9.47 Å². The summed E-state index contributed by atoms with van der Waals surface area (Å²) in [7, 11) is 0. The van der Waals surface area contributed by atoms with E-state index < -0.39 is 5.97 Å². The number of hydrogen-bond acceptors (Lipinski definition) is 5. The highest BCUT2D eigenvalue weighted by Crippen LogP contribution is 2.20. The molecule has 32 heavy (non-hydrogen) atoms. The topological polar surface area (TPSA) is 56.6 Å². The summed E-state index contributed by atoms with van der Waals surface area (Å²) < 4.78 is 25.9. The van der Waals surface area contributed by atoms with Gasteiger partial charge in [0.15, 0.2) is 0 Å². The Hall–Kier alpha value is -3.19. The van der Waals surface area contributed by atoms with Crippen LogP contribution >= 0.6 is 0 Å². The number of hydrogen-bond donors (Lipinski definition) is 0. The second-order valence-electron chi connectivity index (χ2n) is 8.14. The predicted molar refractivity (Wildman–Crippen MR) is 120 cm³/mol. The van der Waals surface area contributed by atoms with Gasteiger partial charge in [0.25, 0.3) is 0 Å². The van der Waals surface area contributed by atoms with E-state index >= 15 is 0 Å². The lowest BCUT2D eigenvalue weighted by Crippen LogP contribution is -2.28. The van der Waals surface area contributed by atoms with Crippen molar-refractivity contribution in [1.82, 2.24) is 14.7 Å². The number of carbonyl (C=O) groups is 1. The highest BCUT2D eigenvalue weighted by atomic mass is 19.1. The fourth-order valence-corrected chi connectivity index (χ4v) is 3.94. The third-order valence-corrected chi connectivity index (χ3v) is 5.79. The van der Waals surface area contributed by atoms with Crippen LogP contribution in [0.25, 0.3) is 5.69 Å². The van der Waals surface area contributed by atoms with Crippen molar-refractivity contribution in [3.05, 3.63) is 71.8 Å². The third-order valence-electron chi connectivity index (χ3n) is 5.79. The molecule has 1 saturated heterocycles. The molecular weight excluding hydrogens is 409 g/mol. The summed E-state index contributed by atoms with van der Waals surface area (Å²) in [6.07, 6.45) is 5.22. The average molecular weight is 438 g/mol. The second kappa shape index (κ2) is 9.96. The molecule has 4 rings (SSSR count). The third kappa shape index (κ3) is 5.34. The largest absolute Gasteiger partial charge is 0.494 e. The maximum atomic E-state index is 13.0. The van der Waals surface area contributed by atoms with Crippen LogP contribution in [0.3, 0.4) is 0 Å². The lowest BCUT2D eigenvalue weighted by atomic mass is 10.2. The molecule has 0 radical (unpaired) electrons. The van der Waals surface area contributed by atoms with Crippen molar-refractivity contribution in [3.8, 4) is 17.2 Å². The van der Waals surface area contributed by atoms with E-state index in [1.165, 1.54) is 43.7 Å². The molecule has 0 N–H and O–H groups in total. The summed E-state index contributed by atoms with van der Waals surface area (Å²) >= 11 is 0. The first-order chi connectivity index (χ1) is 15.5. The van der Waals surface area contributed by atoms with Crippen LogP contribution in [0.5, 0.6) is 11.5 Å². The Labute approximate surface area is 187 Å². The van der Waals surface area contributed by atoms with Crippen molar-refractivity contribution >= 4 is 5.97 Å². The molecule has 1 atom stereocenters. The second-order valence-corrected chi connectivity index (χ2v) is 8.14. The molecule has 0 bridgehead atoms. The van der Waals surface area contributed by atoms with Crippen LogP contribution in [0.1, 0.15) is 42.2 Å². The Morgan fingerprint density at radius 3 is 2.53 bits per heavy atom. The highest BCUT2D eigenvalue weighted by molar-refractivity contribution is 5.92. The number of aryl methyl sites for hydroxylation is 1. The highest BCUT2D eigenvalue weighted by Gasteiger charge is 2.19. The van der Waals surface area contributed by atoms with E-state index in [0.29, 0.717) is 23.9 Å². The van der Waals surface area contributed by atoms with Crippen LogP contribution in [0, 0.1) is 12.7 Å². The average Bonchev–Trinajstić information content (AvgIpc) is 3.38. The smallest absolute Gasteiger partial charge is 0.347 e. The van der Waals surface area contributed by atoms with Crippen LogP contribution in [-0.2, 0) is 0 Å². The van der Waals surface area contributed by atoms with Crippen LogP contribution in [0.15, 0.2) is 54.7 Å². The van der Waals surface area contributed by atoms with E-state index in [0.717, 1.165) is 24.4 Å². The Morgan fingerprint density at radius 1 is 1.12 bits per heavy atom. The normalized spacial score (nSPS) is 16.3. The predicted octanol–water partition coefficient (Wildman–Crippen LogP) is 4.79.